The minimum atomic E-state index is -0.892. The zero-order valence-corrected chi connectivity index (χ0v) is 26.0. The lowest BCUT2D eigenvalue weighted by molar-refractivity contribution is -0.253. The molecule has 45 heavy (non-hydrogen) atoms. The van der Waals surface area contributed by atoms with Crippen LogP contribution in [0, 0.1) is 0 Å². The molecule has 0 bridgehead atoms. The normalized spacial score (nSPS) is 21.0. The van der Waals surface area contributed by atoms with E-state index in [-0.39, 0.29) is 37.6 Å². The number of hydrogen-bond acceptors (Lipinski definition) is 6. The maximum atomic E-state index is 12.3. The van der Waals surface area contributed by atoms with Gasteiger partial charge in [-0.15, -0.1) is 0 Å². The molecular formula is C37H46N2O6. The number of likely N-dealkylation sites (tertiary alicyclic amines) is 1. The predicted molar refractivity (Wildman–Crippen MR) is 173 cm³/mol. The van der Waals surface area contributed by atoms with Gasteiger partial charge in [0.25, 0.3) is 0 Å². The molecule has 0 aromatic heterocycles. The number of nitrogens with one attached hydrogen (secondary N) is 1. The van der Waals surface area contributed by atoms with Gasteiger partial charge in [-0.2, -0.15) is 0 Å². The molecule has 0 saturated carbocycles. The summed E-state index contributed by atoms with van der Waals surface area (Å²) in [5, 5.41) is 21.3. The number of ether oxygens (including phenoxy) is 2. The van der Waals surface area contributed by atoms with Gasteiger partial charge in [0.15, 0.2) is 6.29 Å². The Kier molecular flexibility index (Phi) is 12.2. The summed E-state index contributed by atoms with van der Waals surface area (Å²) >= 11 is 0. The highest BCUT2D eigenvalue weighted by Crippen LogP contribution is 2.39. The van der Waals surface area contributed by atoms with Crippen LogP contribution in [0.2, 0.25) is 0 Å². The molecule has 3 atom stereocenters. The van der Waals surface area contributed by atoms with Gasteiger partial charge in [0.2, 0.25) is 5.91 Å². The number of hydrogen-bond donors (Lipinski definition) is 3. The van der Waals surface area contributed by atoms with Crippen molar-refractivity contribution in [3.63, 3.8) is 0 Å². The van der Waals surface area contributed by atoms with Gasteiger partial charge in [-0.25, -0.2) is 0 Å². The van der Waals surface area contributed by atoms with Gasteiger partial charge in [0, 0.05) is 37.9 Å². The number of aliphatic hydroxyl groups is 1. The van der Waals surface area contributed by atoms with Gasteiger partial charge in [0.1, 0.15) is 0 Å². The van der Waals surface area contributed by atoms with Crippen LogP contribution in [0.15, 0.2) is 72.8 Å². The number of rotatable bonds is 12. The Hall–Kier alpha value is -3.56. The summed E-state index contributed by atoms with van der Waals surface area (Å²) < 4.78 is 13.2. The summed E-state index contributed by atoms with van der Waals surface area (Å²) in [6, 6.07) is 24.3. The number of benzene rings is 3. The van der Waals surface area contributed by atoms with Crippen molar-refractivity contribution >= 4 is 11.9 Å². The second kappa shape index (κ2) is 16.7. The van der Waals surface area contributed by atoms with Crippen LogP contribution in [0.4, 0.5) is 0 Å². The number of amides is 1. The number of carbonyl (C=O) groups is 2. The molecule has 2 fully saturated rings. The fourth-order valence-corrected chi connectivity index (χ4v) is 6.27. The highest BCUT2D eigenvalue weighted by atomic mass is 16.7. The molecule has 2 aliphatic heterocycles. The molecule has 5 rings (SSSR count). The standard InChI is InChI=1S/C37H46N2O6/c40-26-27-13-15-29(16-14-27)34-23-32(25-39-21-6-2-1-3-7-22-39)44-37(45-34)30-19-17-28(18-20-30)33-10-5-4-9-31(33)24-38-35(41)11-8-12-36(42)43/h4-5,9-10,13-20,32,34,37,40H,1-3,6-8,11-12,21-26H2,(H,38,41)(H,42,43). The topological polar surface area (TPSA) is 108 Å². The minimum absolute atomic E-state index is 0.0134. The molecule has 2 heterocycles. The average molecular weight is 615 g/mol. The minimum Gasteiger partial charge on any atom is -0.481 e. The monoisotopic (exact) mass is 614 g/mol. The lowest BCUT2D eigenvalue weighted by Gasteiger charge is -2.39. The van der Waals surface area contributed by atoms with Crippen LogP contribution in [-0.4, -0.2) is 52.7 Å². The zero-order valence-electron chi connectivity index (χ0n) is 26.0. The van der Waals surface area contributed by atoms with Crippen LogP contribution in [0.25, 0.3) is 11.1 Å². The Morgan fingerprint density at radius 3 is 2.22 bits per heavy atom. The van der Waals surface area contributed by atoms with Crippen molar-refractivity contribution < 1.29 is 29.3 Å². The molecule has 0 aliphatic carbocycles. The van der Waals surface area contributed by atoms with E-state index in [1.165, 1.54) is 32.1 Å². The highest BCUT2D eigenvalue weighted by molar-refractivity contribution is 5.77. The van der Waals surface area contributed by atoms with Crippen LogP contribution in [-0.2, 0) is 32.2 Å². The Morgan fingerprint density at radius 2 is 1.51 bits per heavy atom. The molecule has 8 heteroatoms. The first-order chi connectivity index (χ1) is 22.0. The molecule has 0 spiro atoms. The third-order valence-corrected chi connectivity index (χ3v) is 8.81. The van der Waals surface area contributed by atoms with E-state index in [4.69, 9.17) is 14.6 Å². The van der Waals surface area contributed by atoms with Crippen molar-refractivity contribution in [3.8, 4) is 11.1 Å². The predicted octanol–water partition coefficient (Wildman–Crippen LogP) is 6.53. The van der Waals surface area contributed by atoms with E-state index in [1.54, 1.807) is 0 Å². The summed E-state index contributed by atoms with van der Waals surface area (Å²) in [7, 11) is 0. The van der Waals surface area contributed by atoms with E-state index in [0.717, 1.165) is 59.4 Å². The van der Waals surface area contributed by atoms with Crippen molar-refractivity contribution in [2.45, 2.75) is 89.4 Å². The highest BCUT2D eigenvalue weighted by Gasteiger charge is 2.33. The third kappa shape index (κ3) is 9.71. The number of aliphatic hydroxyl groups excluding tert-OH is 1. The first-order valence-electron chi connectivity index (χ1n) is 16.4. The number of nitrogens with zero attached hydrogens (tertiary/aromatic N) is 1. The zero-order chi connectivity index (χ0) is 31.4. The van der Waals surface area contributed by atoms with E-state index in [9.17, 15) is 14.7 Å². The van der Waals surface area contributed by atoms with Crippen molar-refractivity contribution in [2.24, 2.45) is 0 Å². The fourth-order valence-electron chi connectivity index (χ4n) is 6.27. The average Bonchev–Trinajstić information content (AvgIpc) is 3.05. The van der Waals surface area contributed by atoms with E-state index >= 15 is 0 Å². The maximum Gasteiger partial charge on any atom is 0.303 e. The molecule has 3 N–H and O–H groups in total. The van der Waals surface area contributed by atoms with E-state index in [0.29, 0.717) is 13.0 Å². The van der Waals surface area contributed by atoms with E-state index < -0.39 is 12.3 Å². The van der Waals surface area contributed by atoms with Gasteiger partial charge >= 0.3 is 5.97 Å². The van der Waals surface area contributed by atoms with Gasteiger partial charge in [-0.1, -0.05) is 92.1 Å². The number of carboxylic acid groups (broad SMARTS) is 1. The first-order valence-corrected chi connectivity index (χ1v) is 16.4. The van der Waals surface area contributed by atoms with Gasteiger partial charge < -0.3 is 29.9 Å². The second-order valence-electron chi connectivity index (χ2n) is 12.2. The Morgan fingerprint density at radius 1 is 0.822 bits per heavy atom. The molecule has 3 aromatic carbocycles. The van der Waals surface area contributed by atoms with Crippen LogP contribution in [0.3, 0.4) is 0 Å². The summed E-state index contributed by atoms with van der Waals surface area (Å²) in [6.45, 7) is 3.49. The molecule has 2 aliphatic rings. The first kappa shape index (κ1) is 32.8. The largest absolute Gasteiger partial charge is 0.481 e. The Balaban J connectivity index is 1.29. The van der Waals surface area contributed by atoms with Crippen LogP contribution >= 0.6 is 0 Å². The molecule has 2 saturated heterocycles. The summed E-state index contributed by atoms with van der Waals surface area (Å²) in [5.74, 6) is -1.05. The molecule has 3 aromatic rings. The maximum absolute atomic E-state index is 12.3. The van der Waals surface area contributed by atoms with Crippen molar-refractivity contribution in [2.75, 3.05) is 19.6 Å². The Labute approximate surface area is 266 Å². The van der Waals surface area contributed by atoms with Gasteiger partial charge in [0.05, 0.1) is 18.8 Å². The fraction of sp³-hybridized carbons (Fsp3) is 0.459. The smallest absolute Gasteiger partial charge is 0.303 e. The second-order valence-corrected chi connectivity index (χ2v) is 12.2. The van der Waals surface area contributed by atoms with Crippen LogP contribution in [0.5, 0.6) is 0 Å². The summed E-state index contributed by atoms with van der Waals surface area (Å²) in [6.07, 6.45) is 7.07. The SMILES string of the molecule is O=C(O)CCCC(=O)NCc1ccccc1-c1ccc(C2OC(CN3CCCCCCC3)CC(c3ccc(CO)cc3)O2)cc1. The summed E-state index contributed by atoms with van der Waals surface area (Å²) in [5.41, 5.74) is 5.97. The lowest BCUT2D eigenvalue weighted by atomic mass is 9.97. The van der Waals surface area contributed by atoms with E-state index in [2.05, 4.69) is 46.6 Å². The van der Waals surface area contributed by atoms with Crippen molar-refractivity contribution in [1.82, 2.24) is 10.2 Å². The molecule has 240 valence electrons. The molecule has 3 unspecified atom stereocenters. The van der Waals surface area contributed by atoms with Gasteiger partial charge in [-0.3, -0.25) is 9.59 Å². The number of aliphatic carboxylic acids is 1. The number of carbonyl (C=O) groups excluding carboxylic acids is 1. The van der Waals surface area contributed by atoms with Crippen molar-refractivity contribution in [1.29, 1.82) is 0 Å². The van der Waals surface area contributed by atoms with Crippen LogP contribution in [0.1, 0.15) is 92.4 Å². The lowest BCUT2D eigenvalue weighted by Crippen LogP contribution is -2.40. The molecule has 8 nitrogen and oxygen atoms in total. The van der Waals surface area contributed by atoms with E-state index in [1.807, 2.05) is 36.4 Å². The van der Waals surface area contributed by atoms with Crippen LogP contribution < -0.4 is 5.32 Å². The molecule has 1 amide bonds. The van der Waals surface area contributed by atoms with Gasteiger partial charge in [-0.05, 0) is 60.2 Å². The Bertz CT molecular complexity index is 1370. The number of carboxylic acids is 1. The quantitative estimate of drug-likeness (QED) is 0.213. The summed E-state index contributed by atoms with van der Waals surface area (Å²) in [4.78, 5) is 25.6. The third-order valence-electron chi connectivity index (χ3n) is 8.81. The van der Waals surface area contributed by atoms with Crippen molar-refractivity contribution in [3.05, 3.63) is 95.1 Å². The molecular weight excluding hydrogens is 568 g/mol. The molecule has 0 radical (unpaired) electrons.